The second-order valence-corrected chi connectivity index (χ2v) is 4.14. The molecule has 1 N–H and O–H groups in total. The van der Waals surface area contributed by atoms with Gasteiger partial charge in [0.25, 0.3) is 0 Å². The molecule has 0 spiro atoms. The fourth-order valence-electron chi connectivity index (χ4n) is 1.69. The zero-order valence-corrected chi connectivity index (χ0v) is 8.66. The Kier molecular flexibility index (Phi) is 3.03. The fraction of sp³-hybridized carbons (Fsp3) is 0.700. The van der Waals surface area contributed by atoms with Crippen LogP contribution >= 0.6 is 0 Å². The zero-order chi connectivity index (χ0) is 10.9. The number of hydrogen-bond acceptors (Lipinski definition) is 3. The third-order valence-corrected chi connectivity index (χ3v) is 2.32. The second-order valence-electron chi connectivity index (χ2n) is 4.14. The maximum Gasteiger partial charge on any atom is 0.238 e. The first-order chi connectivity index (χ1) is 6.43. The Bertz CT molecular complexity index is 283. The minimum absolute atomic E-state index is 0.267. The number of rotatable bonds is 3. The lowest BCUT2D eigenvalue weighted by molar-refractivity contribution is -0.135. The molecule has 1 heterocycles. The predicted octanol–water partition coefficient (Wildman–Crippen LogP) is 0.305. The summed E-state index contributed by atoms with van der Waals surface area (Å²) >= 11 is 0. The Morgan fingerprint density at radius 3 is 2.36 bits per heavy atom. The molecule has 1 aliphatic heterocycles. The molecule has 0 aliphatic carbocycles. The predicted molar refractivity (Wildman–Crippen MR) is 50.6 cm³/mol. The Labute approximate surface area is 83.1 Å². The molecule has 1 amide bonds. The molecule has 2 unspecified atom stereocenters. The van der Waals surface area contributed by atoms with Gasteiger partial charge in [-0.3, -0.25) is 14.4 Å². The van der Waals surface area contributed by atoms with Crippen LogP contribution in [0.5, 0.6) is 0 Å². The van der Waals surface area contributed by atoms with E-state index in [1.807, 2.05) is 13.8 Å². The summed E-state index contributed by atoms with van der Waals surface area (Å²) < 4.78 is 0. The van der Waals surface area contributed by atoms with Gasteiger partial charge in [-0.15, -0.1) is 0 Å². The molecule has 0 bridgehead atoms. The Hall–Kier alpha value is -1.19. The number of carbonyl (C=O) groups excluding carboxylic acids is 3. The Morgan fingerprint density at radius 1 is 1.43 bits per heavy atom. The Morgan fingerprint density at radius 2 is 2.00 bits per heavy atom. The van der Waals surface area contributed by atoms with E-state index in [1.54, 1.807) is 0 Å². The number of carbonyl (C=O) groups is 3. The van der Waals surface area contributed by atoms with Crippen LogP contribution in [0.2, 0.25) is 0 Å². The van der Waals surface area contributed by atoms with Crippen molar-refractivity contribution in [2.24, 2.45) is 11.8 Å². The molecule has 1 aliphatic rings. The van der Waals surface area contributed by atoms with Gasteiger partial charge in [0.05, 0.1) is 6.04 Å². The molecule has 1 rings (SSSR count). The standard InChI is InChI=1S/C10H15NO3/c1-5(2)4-7-9(13)8(6(3)12)10(14)11-7/h5,7-8H,4H2,1-3H3,(H,11,14). The summed E-state index contributed by atoms with van der Waals surface area (Å²) in [7, 11) is 0. The summed E-state index contributed by atoms with van der Waals surface area (Å²) in [4.78, 5) is 33.9. The molecule has 78 valence electrons. The van der Waals surface area contributed by atoms with Gasteiger partial charge in [-0.1, -0.05) is 13.8 Å². The van der Waals surface area contributed by atoms with Crippen LogP contribution in [-0.2, 0) is 14.4 Å². The molecule has 4 heteroatoms. The van der Waals surface area contributed by atoms with Gasteiger partial charge in [0.2, 0.25) is 5.91 Å². The van der Waals surface area contributed by atoms with Crippen molar-refractivity contribution >= 4 is 17.5 Å². The summed E-state index contributed by atoms with van der Waals surface area (Å²) in [6.45, 7) is 5.22. The van der Waals surface area contributed by atoms with Crippen molar-refractivity contribution in [2.45, 2.75) is 33.2 Å². The zero-order valence-electron chi connectivity index (χ0n) is 8.66. The van der Waals surface area contributed by atoms with Crippen LogP contribution in [0.15, 0.2) is 0 Å². The highest BCUT2D eigenvalue weighted by Crippen LogP contribution is 2.17. The highest BCUT2D eigenvalue weighted by atomic mass is 16.2. The fourth-order valence-corrected chi connectivity index (χ4v) is 1.69. The Balaban J connectivity index is 2.74. The maximum absolute atomic E-state index is 11.6. The van der Waals surface area contributed by atoms with E-state index in [2.05, 4.69) is 5.32 Å². The van der Waals surface area contributed by atoms with Crippen LogP contribution in [0.25, 0.3) is 0 Å². The number of amides is 1. The van der Waals surface area contributed by atoms with Crippen molar-refractivity contribution in [1.82, 2.24) is 5.32 Å². The van der Waals surface area contributed by atoms with E-state index in [4.69, 9.17) is 0 Å². The molecular formula is C10H15NO3. The highest BCUT2D eigenvalue weighted by molar-refractivity contribution is 6.23. The summed E-state index contributed by atoms with van der Waals surface area (Å²) in [6.07, 6.45) is 0.606. The summed E-state index contributed by atoms with van der Waals surface area (Å²) in [5.41, 5.74) is 0. The van der Waals surface area contributed by atoms with E-state index in [1.165, 1.54) is 6.92 Å². The first kappa shape index (κ1) is 10.9. The van der Waals surface area contributed by atoms with Crippen molar-refractivity contribution in [1.29, 1.82) is 0 Å². The highest BCUT2D eigenvalue weighted by Gasteiger charge is 2.43. The quantitative estimate of drug-likeness (QED) is 0.662. The third kappa shape index (κ3) is 2.00. The maximum atomic E-state index is 11.6. The van der Waals surface area contributed by atoms with Crippen molar-refractivity contribution in [3.05, 3.63) is 0 Å². The largest absolute Gasteiger partial charge is 0.345 e. The van der Waals surface area contributed by atoms with Gasteiger partial charge >= 0.3 is 0 Å². The average Bonchev–Trinajstić information content (AvgIpc) is 2.25. The van der Waals surface area contributed by atoms with Gasteiger partial charge in [-0.2, -0.15) is 0 Å². The van der Waals surface area contributed by atoms with Crippen molar-refractivity contribution in [3.8, 4) is 0 Å². The lowest BCUT2D eigenvalue weighted by atomic mass is 9.95. The van der Waals surface area contributed by atoms with Gasteiger partial charge in [0.1, 0.15) is 5.78 Å². The average molecular weight is 197 g/mol. The molecule has 0 aromatic rings. The van der Waals surface area contributed by atoms with E-state index in [-0.39, 0.29) is 11.6 Å². The second kappa shape index (κ2) is 3.90. The molecule has 1 saturated heterocycles. The van der Waals surface area contributed by atoms with Crippen LogP contribution in [-0.4, -0.2) is 23.5 Å². The van der Waals surface area contributed by atoms with Crippen molar-refractivity contribution in [2.75, 3.05) is 0 Å². The number of hydrogen-bond donors (Lipinski definition) is 1. The van der Waals surface area contributed by atoms with Gasteiger partial charge in [0, 0.05) is 0 Å². The third-order valence-electron chi connectivity index (χ3n) is 2.32. The van der Waals surface area contributed by atoms with Crippen LogP contribution < -0.4 is 5.32 Å². The van der Waals surface area contributed by atoms with E-state index < -0.39 is 17.9 Å². The molecule has 0 aromatic heterocycles. The molecule has 14 heavy (non-hydrogen) atoms. The SMILES string of the molecule is CC(=O)C1C(=O)NC(CC(C)C)C1=O. The number of Topliss-reactive ketones (excluding diaryl/α,β-unsaturated/α-hetero) is 2. The lowest BCUT2D eigenvalue weighted by Crippen LogP contribution is -2.30. The lowest BCUT2D eigenvalue weighted by Gasteiger charge is -2.10. The molecule has 0 saturated carbocycles. The molecule has 0 radical (unpaired) electrons. The topological polar surface area (TPSA) is 63.2 Å². The van der Waals surface area contributed by atoms with E-state index in [0.717, 1.165) is 0 Å². The van der Waals surface area contributed by atoms with Crippen LogP contribution in [0.3, 0.4) is 0 Å². The summed E-state index contributed by atoms with van der Waals surface area (Å²) in [6, 6.07) is -0.462. The summed E-state index contributed by atoms with van der Waals surface area (Å²) in [5.74, 6) is -1.79. The molecule has 0 aromatic carbocycles. The smallest absolute Gasteiger partial charge is 0.238 e. The van der Waals surface area contributed by atoms with Crippen LogP contribution in [0, 0.1) is 11.8 Å². The molecule has 1 fully saturated rings. The molecule has 2 atom stereocenters. The summed E-state index contributed by atoms with van der Waals surface area (Å²) in [5, 5.41) is 2.56. The number of ketones is 2. The minimum atomic E-state index is -1.06. The van der Waals surface area contributed by atoms with Crippen LogP contribution in [0.4, 0.5) is 0 Å². The minimum Gasteiger partial charge on any atom is -0.345 e. The molecule has 4 nitrogen and oxygen atoms in total. The van der Waals surface area contributed by atoms with Gasteiger partial charge in [-0.05, 0) is 19.3 Å². The monoisotopic (exact) mass is 197 g/mol. The van der Waals surface area contributed by atoms with Gasteiger partial charge in [0.15, 0.2) is 11.7 Å². The van der Waals surface area contributed by atoms with Gasteiger partial charge < -0.3 is 5.32 Å². The van der Waals surface area contributed by atoms with Gasteiger partial charge in [-0.25, -0.2) is 0 Å². The van der Waals surface area contributed by atoms with Crippen molar-refractivity contribution < 1.29 is 14.4 Å². The molecular weight excluding hydrogens is 182 g/mol. The first-order valence-corrected chi connectivity index (χ1v) is 4.78. The van der Waals surface area contributed by atoms with Crippen LogP contribution in [0.1, 0.15) is 27.2 Å². The number of nitrogens with one attached hydrogen (secondary N) is 1. The van der Waals surface area contributed by atoms with E-state index in [9.17, 15) is 14.4 Å². The van der Waals surface area contributed by atoms with E-state index >= 15 is 0 Å². The first-order valence-electron chi connectivity index (χ1n) is 4.78. The van der Waals surface area contributed by atoms with Crippen molar-refractivity contribution in [3.63, 3.8) is 0 Å². The normalized spacial score (nSPS) is 26.9. The van der Waals surface area contributed by atoms with E-state index in [0.29, 0.717) is 12.3 Å².